The van der Waals surface area contributed by atoms with Gasteiger partial charge in [0.2, 0.25) is 0 Å². The largest absolute Gasteiger partial charge is 0.349 e. The molecule has 4 rings (SSSR count). The zero-order chi connectivity index (χ0) is 17.2. The van der Waals surface area contributed by atoms with E-state index in [4.69, 9.17) is 0 Å². The third-order valence-corrected chi connectivity index (χ3v) is 5.24. The third kappa shape index (κ3) is 3.24. The number of nitrogens with zero attached hydrogens (tertiary/aromatic N) is 2. The average molecular weight is 336 g/mol. The van der Waals surface area contributed by atoms with Crippen molar-refractivity contribution in [3.05, 3.63) is 42.2 Å². The molecule has 0 saturated carbocycles. The number of carbonyl (C=O) groups is 1. The Bertz CT molecular complexity index is 901. The summed E-state index contributed by atoms with van der Waals surface area (Å²) in [6.07, 6.45) is 5.62. The van der Waals surface area contributed by atoms with Gasteiger partial charge in [-0.25, -0.2) is 0 Å². The summed E-state index contributed by atoms with van der Waals surface area (Å²) < 4.78 is 0. The van der Waals surface area contributed by atoms with Crippen molar-refractivity contribution in [2.45, 2.75) is 32.2 Å². The van der Waals surface area contributed by atoms with Crippen molar-refractivity contribution >= 4 is 27.7 Å². The topological polar surface area (TPSA) is 61.0 Å². The highest BCUT2D eigenvalue weighted by Crippen LogP contribution is 2.23. The van der Waals surface area contributed by atoms with Gasteiger partial charge < -0.3 is 10.3 Å². The number of carbonyl (C=O) groups excluding carboxylic acids is 1. The first kappa shape index (κ1) is 16.1. The zero-order valence-corrected chi connectivity index (χ0v) is 14.6. The number of aromatic amines is 1. The molecule has 0 aliphatic carbocycles. The number of pyridine rings is 1. The molecule has 130 valence electrons. The van der Waals surface area contributed by atoms with E-state index in [1.807, 2.05) is 30.3 Å². The molecule has 1 aromatic carbocycles. The van der Waals surface area contributed by atoms with Crippen LogP contribution in [0.2, 0.25) is 0 Å². The van der Waals surface area contributed by atoms with Crippen molar-refractivity contribution in [1.29, 1.82) is 0 Å². The van der Waals surface area contributed by atoms with Gasteiger partial charge in [0.05, 0.1) is 11.0 Å². The first-order chi connectivity index (χ1) is 12.2. The standard InChI is InChI=1S/C20H24N4O/c1-14-5-2-3-11-24(14)12-10-22-20(25)17-13-16-8-7-15-6-4-9-21-18(15)19(16)23-17/h4,6-9,13-14,23H,2-3,5,10-12H2,1H3,(H,22,25). The van der Waals surface area contributed by atoms with Crippen molar-refractivity contribution in [3.63, 3.8) is 0 Å². The van der Waals surface area contributed by atoms with Crippen molar-refractivity contribution < 1.29 is 4.79 Å². The fourth-order valence-electron chi connectivity index (χ4n) is 3.76. The van der Waals surface area contributed by atoms with Crippen LogP contribution in [0.15, 0.2) is 36.5 Å². The van der Waals surface area contributed by atoms with E-state index in [1.165, 1.54) is 19.3 Å². The number of piperidine rings is 1. The molecule has 2 aromatic heterocycles. The monoisotopic (exact) mass is 336 g/mol. The van der Waals surface area contributed by atoms with E-state index in [1.54, 1.807) is 6.20 Å². The summed E-state index contributed by atoms with van der Waals surface area (Å²) >= 11 is 0. The SMILES string of the molecule is CC1CCCCN1CCNC(=O)c1cc2ccc3cccnc3c2[nH]1. The van der Waals surface area contributed by atoms with E-state index in [9.17, 15) is 4.79 Å². The van der Waals surface area contributed by atoms with Gasteiger partial charge in [-0.05, 0) is 38.4 Å². The van der Waals surface area contributed by atoms with Crippen molar-refractivity contribution in [2.75, 3.05) is 19.6 Å². The quantitative estimate of drug-likeness (QED) is 0.768. The van der Waals surface area contributed by atoms with E-state index in [-0.39, 0.29) is 5.91 Å². The fraction of sp³-hybridized carbons (Fsp3) is 0.400. The maximum Gasteiger partial charge on any atom is 0.267 e. The van der Waals surface area contributed by atoms with Gasteiger partial charge in [-0.15, -0.1) is 0 Å². The summed E-state index contributed by atoms with van der Waals surface area (Å²) in [5, 5.41) is 5.13. The van der Waals surface area contributed by atoms with Gasteiger partial charge in [0.15, 0.2) is 0 Å². The summed E-state index contributed by atoms with van der Waals surface area (Å²) in [5.41, 5.74) is 2.42. The van der Waals surface area contributed by atoms with Crippen molar-refractivity contribution in [1.82, 2.24) is 20.2 Å². The van der Waals surface area contributed by atoms with Gasteiger partial charge >= 0.3 is 0 Å². The molecular formula is C20H24N4O. The molecule has 1 unspecified atom stereocenters. The summed E-state index contributed by atoms with van der Waals surface area (Å²) in [7, 11) is 0. The van der Waals surface area contributed by atoms with E-state index >= 15 is 0 Å². The Kier molecular flexibility index (Phi) is 4.40. The molecule has 1 saturated heterocycles. The molecule has 25 heavy (non-hydrogen) atoms. The molecule has 1 fully saturated rings. The molecule has 1 aliphatic rings. The van der Waals surface area contributed by atoms with Gasteiger partial charge in [-0.3, -0.25) is 14.7 Å². The predicted octanol–water partition coefficient (Wildman–Crippen LogP) is 3.32. The predicted molar refractivity (Wildman–Crippen MR) is 101 cm³/mol. The first-order valence-electron chi connectivity index (χ1n) is 9.11. The van der Waals surface area contributed by atoms with Gasteiger partial charge in [0, 0.05) is 36.1 Å². The van der Waals surface area contributed by atoms with Crippen molar-refractivity contribution in [2.24, 2.45) is 0 Å². The number of nitrogens with one attached hydrogen (secondary N) is 2. The van der Waals surface area contributed by atoms with Gasteiger partial charge in [-0.2, -0.15) is 0 Å². The molecule has 3 aromatic rings. The third-order valence-electron chi connectivity index (χ3n) is 5.24. The molecule has 3 heterocycles. The maximum absolute atomic E-state index is 12.5. The Balaban J connectivity index is 1.46. The molecule has 0 bridgehead atoms. The van der Waals surface area contributed by atoms with Gasteiger partial charge in [-0.1, -0.05) is 24.6 Å². The minimum Gasteiger partial charge on any atom is -0.349 e. The maximum atomic E-state index is 12.5. The Morgan fingerprint density at radius 3 is 3.08 bits per heavy atom. The smallest absolute Gasteiger partial charge is 0.267 e. The van der Waals surface area contributed by atoms with E-state index in [0.29, 0.717) is 18.3 Å². The normalized spacial score (nSPS) is 18.7. The second-order valence-corrected chi connectivity index (χ2v) is 6.92. The fourth-order valence-corrected chi connectivity index (χ4v) is 3.76. The lowest BCUT2D eigenvalue weighted by molar-refractivity contribution is 0.0934. The summed E-state index contributed by atoms with van der Waals surface area (Å²) in [6, 6.07) is 10.5. The minimum absolute atomic E-state index is 0.0510. The van der Waals surface area contributed by atoms with Crippen LogP contribution in [-0.4, -0.2) is 46.5 Å². The molecule has 0 spiro atoms. The van der Waals surface area contributed by atoms with E-state index in [2.05, 4.69) is 27.1 Å². The number of likely N-dealkylation sites (tertiary alicyclic amines) is 1. The van der Waals surface area contributed by atoms with Crippen molar-refractivity contribution in [3.8, 4) is 0 Å². The number of aromatic nitrogens is 2. The van der Waals surface area contributed by atoms with Gasteiger partial charge in [0.25, 0.3) is 5.91 Å². The van der Waals surface area contributed by atoms with Gasteiger partial charge in [0.1, 0.15) is 5.69 Å². The zero-order valence-electron chi connectivity index (χ0n) is 14.6. The number of hydrogen-bond acceptors (Lipinski definition) is 3. The number of hydrogen-bond donors (Lipinski definition) is 2. The highest BCUT2D eigenvalue weighted by atomic mass is 16.1. The number of benzene rings is 1. The molecule has 5 heteroatoms. The average Bonchev–Trinajstić information content (AvgIpc) is 3.08. The van der Waals surface area contributed by atoms with E-state index in [0.717, 1.165) is 34.9 Å². The Labute approximate surface area is 147 Å². The molecule has 1 amide bonds. The van der Waals surface area contributed by atoms with Crippen LogP contribution < -0.4 is 5.32 Å². The lowest BCUT2D eigenvalue weighted by Gasteiger charge is -2.33. The summed E-state index contributed by atoms with van der Waals surface area (Å²) in [6.45, 7) is 5.01. The molecular weight excluding hydrogens is 312 g/mol. The van der Waals surface area contributed by atoms with Crippen LogP contribution in [0.4, 0.5) is 0 Å². The molecule has 0 radical (unpaired) electrons. The van der Waals surface area contributed by atoms with Crippen LogP contribution in [0.3, 0.4) is 0 Å². The number of fused-ring (bicyclic) bond motifs is 3. The number of H-pyrrole nitrogens is 1. The van der Waals surface area contributed by atoms with Crippen LogP contribution in [0, 0.1) is 0 Å². The summed E-state index contributed by atoms with van der Waals surface area (Å²) in [5.74, 6) is -0.0510. The van der Waals surface area contributed by atoms with Crippen LogP contribution >= 0.6 is 0 Å². The minimum atomic E-state index is -0.0510. The van der Waals surface area contributed by atoms with Crippen LogP contribution in [0.5, 0.6) is 0 Å². The lowest BCUT2D eigenvalue weighted by atomic mass is 10.0. The Hall–Kier alpha value is -2.40. The van der Waals surface area contributed by atoms with E-state index < -0.39 is 0 Å². The Morgan fingerprint density at radius 1 is 1.32 bits per heavy atom. The molecule has 2 N–H and O–H groups in total. The second kappa shape index (κ2) is 6.84. The molecule has 5 nitrogen and oxygen atoms in total. The first-order valence-corrected chi connectivity index (χ1v) is 9.11. The molecule has 1 aliphatic heterocycles. The van der Waals surface area contributed by atoms with Crippen LogP contribution in [0.25, 0.3) is 21.8 Å². The number of amides is 1. The van der Waals surface area contributed by atoms with Crippen LogP contribution in [0.1, 0.15) is 36.7 Å². The lowest BCUT2D eigenvalue weighted by Crippen LogP contribution is -2.42. The molecule has 1 atom stereocenters. The number of rotatable bonds is 4. The highest BCUT2D eigenvalue weighted by molar-refractivity contribution is 6.07. The summed E-state index contributed by atoms with van der Waals surface area (Å²) in [4.78, 5) is 22.6. The van der Waals surface area contributed by atoms with Crippen LogP contribution in [-0.2, 0) is 0 Å². The highest BCUT2D eigenvalue weighted by Gasteiger charge is 2.18. The Morgan fingerprint density at radius 2 is 2.20 bits per heavy atom. The second-order valence-electron chi connectivity index (χ2n) is 6.92.